The molecular formula is C22H27N3O2. The van der Waals surface area contributed by atoms with Gasteiger partial charge >= 0.3 is 0 Å². The van der Waals surface area contributed by atoms with Gasteiger partial charge in [0.2, 0.25) is 5.91 Å². The molecule has 3 atom stereocenters. The maximum atomic E-state index is 12.8. The molecule has 1 aliphatic carbocycles. The summed E-state index contributed by atoms with van der Waals surface area (Å²) in [5.74, 6) is -0.0955. The van der Waals surface area contributed by atoms with Crippen molar-refractivity contribution in [2.75, 3.05) is 11.9 Å². The van der Waals surface area contributed by atoms with Crippen molar-refractivity contribution in [1.29, 1.82) is 0 Å². The van der Waals surface area contributed by atoms with Crippen molar-refractivity contribution in [2.24, 2.45) is 17.6 Å². The minimum absolute atomic E-state index is 0.0423. The van der Waals surface area contributed by atoms with Gasteiger partial charge in [-0.05, 0) is 49.9 Å². The number of carbonyl (C=O) groups excluding carboxylic acids is 2. The van der Waals surface area contributed by atoms with Crippen molar-refractivity contribution in [3.8, 4) is 0 Å². The SMILES string of the molecule is CC(NC(=O)c1ccccc1NC(=O)[C@@H]1CCC[C@@H]1CN)c1ccccc1. The predicted molar refractivity (Wildman–Crippen MR) is 107 cm³/mol. The Morgan fingerprint density at radius 1 is 1.07 bits per heavy atom. The van der Waals surface area contributed by atoms with Gasteiger partial charge in [0, 0.05) is 5.92 Å². The highest BCUT2D eigenvalue weighted by atomic mass is 16.2. The van der Waals surface area contributed by atoms with Crippen LogP contribution in [0.3, 0.4) is 0 Å². The van der Waals surface area contributed by atoms with Crippen molar-refractivity contribution < 1.29 is 9.59 Å². The molecule has 1 saturated carbocycles. The number of amides is 2. The van der Waals surface area contributed by atoms with Gasteiger partial charge in [-0.25, -0.2) is 0 Å². The second kappa shape index (κ2) is 8.82. The van der Waals surface area contributed by atoms with Crippen LogP contribution in [0.4, 0.5) is 5.69 Å². The average molecular weight is 365 g/mol. The highest BCUT2D eigenvalue weighted by Crippen LogP contribution is 2.32. The van der Waals surface area contributed by atoms with Crippen molar-refractivity contribution in [3.05, 3.63) is 65.7 Å². The quantitative estimate of drug-likeness (QED) is 0.733. The Balaban J connectivity index is 1.71. The maximum absolute atomic E-state index is 12.8. The number of benzene rings is 2. The average Bonchev–Trinajstić information content (AvgIpc) is 3.18. The third-order valence-electron chi connectivity index (χ3n) is 5.38. The van der Waals surface area contributed by atoms with Crippen LogP contribution in [0.5, 0.6) is 0 Å². The van der Waals surface area contributed by atoms with Crippen LogP contribution in [0, 0.1) is 11.8 Å². The number of nitrogens with two attached hydrogens (primary N) is 1. The fourth-order valence-electron chi connectivity index (χ4n) is 3.78. The highest BCUT2D eigenvalue weighted by molar-refractivity contribution is 6.04. The number of rotatable bonds is 6. The lowest BCUT2D eigenvalue weighted by Crippen LogP contribution is -2.31. The molecule has 0 bridgehead atoms. The fourth-order valence-corrected chi connectivity index (χ4v) is 3.78. The van der Waals surface area contributed by atoms with Crippen molar-refractivity contribution in [2.45, 2.75) is 32.2 Å². The van der Waals surface area contributed by atoms with Crippen LogP contribution in [0.15, 0.2) is 54.6 Å². The molecule has 0 saturated heterocycles. The first-order chi connectivity index (χ1) is 13.1. The molecule has 27 heavy (non-hydrogen) atoms. The summed E-state index contributed by atoms with van der Waals surface area (Å²) in [6, 6.07) is 16.8. The van der Waals surface area contributed by atoms with E-state index in [1.807, 2.05) is 43.3 Å². The minimum Gasteiger partial charge on any atom is -0.345 e. The van der Waals surface area contributed by atoms with E-state index in [1.165, 1.54) is 0 Å². The fraction of sp³-hybridized carbons (Fsp3) is 0.364. The van der Waals surface area contributed by atoms with E-state index in [0.717, 1.165) is 24.8 Å². The van der Waals surface area contributed by atoms with Crippen molar-refractivity contribution in [3.63, 3.8) is 0 Å². The summed E-state index contributed by atoms with van der Waals surface area (Å²) in [6.45, 7) is 2.47. The number of hydrogen-bond acceptors (Lipinski definition) is 3. The smallest absolute Gasteiger partial charge is 0.253 e. The molecular weight excluding hydrogens is 338 g/mol. The van der Waals surface area contributed by atoms with Crippen molar-refractivity contribution in [1.82, 2.24) is 5.32 Å². The largest absolute Gasteiger partial charge is 0.345 e. The van der Waals surface area contributed by atoms with Gasteiger partial charge in [-0.2, -0.15) is 0 Å². The van der Waals surface area contributed by atoms with E-state index in [4.69, 9.17) is 5.73 Å². The summed E-state index contributed by atoms with van der Waals surface area (Å²) < 4.78 is 0. The molecule has 1 unspecified atom stereocenters. The molecule has 0 heterocycles. The second-order valence-electron chi connectivity index (χ2n) is 7.17. The van der Waals surface area contributed by atoms with E-state index in [9.17, 15) is 9.59 Å². The second-order valence-corrected chi connectivity index (χ2v) is 7.17. The van der Waals surface area contributed by atoms with E-state index in [-0.39, 0.29) is 29.7 Å². The number of anilines is 1. The number of carbonyl (C=O) groups is 2. The van der Waals surface area contributed by atoms with E-state index in [2.05, 4.69) is 10.6 Å². The van der Waals surface area contributed by atoms with Crippen LogP contribution in [0.25, 0.3) is 0 Å². The number of nitrogens with one attached hydrogen (secondary N) is 2. The van der Waals surface area contributed by atoms with Crippen LogP contribution < -0.4 is 16.4 Å². The third-order valence-corrected chi connectivity index (χ3v) is 5.38. The maximum Gasteiger partial charge on any atom is 0.253 e. The molecule has 2 aromatic rings. The first kappa shape index (κ1) is 19.1. The molecule has 0 aromatic heterocycles. The Hall–Kier alpha value is -2.66. The summed E-state index contributed by atoms with van der Waals surface area (Å²) in [5.41, 5.74) is 7.84. The van der Waals surface area contributed by atoms with Gasteiger partial charge in [0.15, 0.2) is 0 Å². The molecule has 3 rings (SSSR count). The van der Waals surface area contributed by atoms with Crippen LogP contribution in [-0.4, -0.2) is 18.4 Å². The summed E-state index contributed by atoms with van der Waals surface area (Å²) in [4.78, 5) is 25.5. The van der Waals surface area contributed by atoms with Crippen LogP contribution in [-0.2, 0) is 4.79 Å². The lowest BCUT2D eigenvalue weighted by atomic mass is 9.95. The molecule has 1 aliphatic rings. The lowest BCUT2D eigenvalue weighted by molar-refractivity contribution is -0.120. The van der Waals surface area contributed by atoms with Gasteiger partial charge in [0.25, 0.3) is 5.91 Å². The van der Waals surface area contributed by atoms with Crippen LogP contribution in [0.1, 0.15) is 48.1 Å². The van der Waals surface area contributed by atoms with Gasteiger partial charge < -0.3 is 16.4 Å². The molecule has 2 aromatic carbocycles. The molecule has 5 nitrogen and oxygen atoms in total. The molecule has 0 radical (unpaired) electrons. The summed E-state index contributed by atoms with van der Waals surface area (Å²) >= 11 is 0. The van der Waals surface area contributed by atoms with Crippen LogP contribution >= 0.6 is 0 Å². The van der Waals surface area contributed by atoms with Gasteiger partial charge in [0.1, 0.15) is 0 Å². The first-order valence-electron chi connectivity index (χ1n) is 9.56. The van der Waals surface area contributed by atoms with Gasteiger partial charge in [-0.3, -0.25) is 9.59 Å². The van der Waals surface area contributed by atoms with E-state index in [0.29, 0.717) is 17.8 Å². The Morgan fingerprint density at radius 3 is 2.52 bits per heavy atom. The highest BCUT2D eigenvalue weighted by Gasteiger charge is 2.32. The summed E-state index contributed by atoms with van der Waals surface area (Å²) in [5, 5.41) is 5.96. The third kappa shape index (κ3) is 4.55. The standard InChI is InChI=1S/C22H27N3O2/c1-15(16-8-3-2-4-9-16)24-22(27)19-11-5-6-13-20(19)25-21(26)18-12-7-10-17(18)14-23/h2-6,8-9,11,13,15,17-18H,7,10,12,14,23H2,1H3,(H,24,27)(H,25,26)/t15?,17-,18-/m1/s1. The van der Waals surface area contributed by atoms with Gasteiger partial charge in [-0.15, -0.1) is 0 Å². The molecule has 0 aliphatic heterocycles. The molecule has 2 amide bonds. The minimum atomic E-state index is -0.205. The zero-order valence-corrected chi connectivity index (χ0v) is 15.7. The number of hydrogen-bond donors (Lipinski definition) is 3. The molecule has 4 N–H and O–H groups in total. The zero-order valence-electron chi connectivity index (χ0n) is 15.7. The first-order valence-corrected chi connectivity index (χ1v) is 9.56. The van der Waals surface area contributed by atoms with E-state index in [1.54, 1.807) is 18.2 Å². The summed E-state index contributed by atoms with van der Waals surface area (Å²) in [7, 11) is 0. The predicted octanol–water partition coefficient (Wildman–Crippen LogP) is 3.49. The Kier molecular flexibility index (Phi) is 6.24. The van der Waals surface area contributed by atoms with Gasteiger partial charge in [0.05, 0.1) is 17.3 Å². The molecule has 0 spiro atoms. The van der Waals surface area contributed by atoms with Gasteiger partial charge in [-0.1, -0.05) is 48.9 Å². The molecule has 5 heteroatoms. The Bertz CT molecular complexity index is 791. The van der Waals surface area contributed by atoms with E-state index >= 15 is 0 Å². The van der Waals surface area contributed by atoms with Crippen LogP contribution in [0.2, 0.25) is 0 Å². The van der Waals surface area contributed by atoms with Crippen molar-refractivity contribution >= 4 is 17.5 Å². The molecule has 142 valence electrons. The molecule has 1 fully saturated rings. The lowest BCUT2D eigenvalue weighted by Gasteiger charge is -2.19. The Morgan fingerprint density at radius 2 is 1.78 bits per heavy atom. The Labute approximate surface area is 160 Å². The monoisotopic (exact) mass is 365 g/mol. The summed E-state index contributed by atoms with van der Waals surface area (Å²) in [6.07, 6.45) is 2.87. The zero-order chi connectivity index (χ0) is 19.2. The normalized spacial score (nSPS) is 20.1. The number of para-hydroxylation sites is 1. The van der Waals surface area contributed by atoms with E-state index < -0.39 is 0 Å². The topological polar surface area (TPSA) is 84.2 Å².